The topological polar surface area (TPSA) is 89.3 Å². The van der Waals surface area contributed by atoms with Crippen LogP contribution in [0.4, 0.5) is 15.8 Å². The first-order valence-electron chi connectivity index (χ1n) is 5.18. The maximum Gasteiger partial charge on any atom is 0.293 e. The molecule has 9 heteroatoms. The van der Waals surface area contributed by atoms with Crippen LogP contribution in [0.2, 0.25) is 0 Å². The second-order valence-corrected chi connectivity index (χ2v) is 7.22. The number of nitrogens with one attached hydrogen (secondary N) is 1. The summed E-state index contributed by atoms with van der Waals surface area (Å²) in [4.78, 5) is 10.2. The number of nitro benzene ring substituents is 1. The molecule has 1 aromatic rings. The molecule has 1 atom stereocenters. The van der Waals surface area contributed by atoms with E-state index < -0.39 is 26.6 Å². The van der Waals surface area contributed by atoms with E-state index in [0.717, 1.165) is 18.4 Å². The summed E-state index contributed by atoms with van der Waals surface area (Å²) in [5, 5.41) is 13.5. The number of sulfone groups is 1. The Morgan fingerprint density at radius 1 is 1.53 bits per heavy atom. The van der Waals surface area contributed by atoms with E-state index in [1.165, 1.54) is 0 Å². The van der Waals surface area contributed by atoms with E-state index in [1.807, 2.05) is 0 Å². The Kier molecular flexibility index (Phi) is 4.86. The summed E-state index contributed by atoms with van der Waals surface area (Å²) in [6, 6.07) is 1.42. The largest absolute Gasteiger partial charge is 0.376 e. The fraction of sp³-hybridized carbons (Fsp3) is 0.400. The number of hydrogen-bond acceptors (Lipinski definition) is 5. The van der Waals surface area contributed by atoms with Gasteiger partial charge in [-0.3, -0.25) is 10.1 Å². The molecular weight excluding hydrogens is 343 g/mol. The molecule has 1 unspecified atom stereocenters. The number of hydrogen-bond donors (Lipinski definition) is 1. The van der Waals surface area contributed by atoms with Gasteiger partial charge in [0.2, 0.25) is 0 Å². The van der Waals surface area contributed by atoms with Crippen molar-refractivity contribution in [2.45, 2.75) is 13.0 Å². The predicted octanol–water partition coefficient (Wildman–Crippen LogP) is 2.34. The smallest absolute Gasteiger partial charge is 0.293 e. The zero-order valence-corrected chi connectivity index (χ0v) is 12.6. The number of rotatable bonds is 5. The first kappa shape index (κ1) is 15.8. The molecule has 0 aliphatic carbocycles. The van der Waals surface area contributed by atoms with Crippen LogP contribution in [0, 0.1) is 15.9 Å². The number of nitro groups is 1. The molecule has 0 spiro atoms. The molecule has 0 fully saturated rings. The van der Waals surface area contributed by atoms with E-state index in [-0.39, 0.29) is 21.6 Å². The van der Waals surface area contributed by atoms with E-state index in [2.05, 4.69) is 21.2 Å². The quantitative estimate of drug-likeness (QED) is 0.647. The van der Waals surface area contributed by atoms with Crippen molar-refractivity contribution in [2.75, 3.05) is 17.3 Å². The zero-order valence-electron chi connectivity index (χ0n) is 10.2. The normalized spacial score (nSPS) is 13.1. The standard InChI is InChI=1S/C10H12BrFN2O4S/c1-6(5-19(2,17)18)13-9-4-8(12)7(11)3-10(9)14(15)16/h3-4,6,13H,5H2,1-2H3. The highest BCUT2D eigenvalue weighted by Gasteiger charge is 2.20. The minimum absolute atomic E-state index is 0.0273. The Morgan fingerprint density at radius 2 is 2.11 bits per heavy atom. The van der Waals surface area contributed by atoms with Gasteiger partial charge >= 0.3 is 0 Å². The van der Waals surface area contributed by atoms with Crippen molar-refractivity contribution in [2.24, 2.45) is 0 Å². The second kappa shape index (κ2) is 5.83. The van der Waals surface area contributed by atoms with Crippen LogP contribution in [-0.4, -0.2) is 31.4 Å². The number of anilines is 1. The second-order valence-electron chi connectivity index (χ2n) is 4.18. The summed E-state index contributed by atoms with van der Waals surface area (Å²) in [6.07, 6.45) is 1.06. The lowest BCUT2D eigenvalue weighted by molar-refractivity contribution is -0.384. The first-order chi connectivity index (χ1) is 8.60. The van der Waals surface area contributed by atoms with Crippen molar-refractivity contribution in [3.63, 3.8) is 0 Å². The zero-order chi connectivity index (χ0) is 14.8. The number of nitrogens with zero attached hydrogens (tertiary/aromatic N) is 1. The molecular formula is C10H12BrFN2O4S. The lowest BCUT2D eigenvalue weighted by Crippen LogP contribution is -2.25. The summed E-state index contributed by atoms with van der Waals surface area (Å²) in [6.45, 7) is 1.55. The maximum absolute atomic E-state index is 13.4. The number of benzene rings is 1. The minimum atomic E-state index is -3.23. The molecule has 0 aliphatic rings. The summed E-state index contributed by atoms with van der Waals surface area (Å²) in [7, 11) is -3.23. The fourth-order valence-corrected chi connectivity index (χ4v) is 2.89. The summed E-state index contributed by atoms with van der Waals surface area (Å²) in [5.41, 5.74) is -0.379. The lowest BCUT2D eigenvalue weighted by Gasteiger charge is -2.14. The molecule has 0 aromatic heterocycles. The average molecular weight is 355 g/mol. The summed E-state index contributed by atoms with van der Waals surface area (Å²) < 4.78 is 35.6. The van der Waals surface area contributed by atoms with Crippen molar-refractivity contribution in [1.29, 1.82) is 0 Å². The van der Waals surface area contributed by atoms with Crippen molar-refractivity contribution < 1.29 is 17.7 Å². The van der Waals surface area contributed by atoms with Gasteiger partial charge in [0.25, 0.3) is 5.69 Å². The van der Waals surface area contributed by atoms with Crippen LogP contribution in [0.25, 0.3) is 0 Å². The first-order valence-corrected chi connectivity index (χ1v) is 8.03. The van der Waals surface area contributed by atoms with Crippen LogP contribution < -0.4 is 5.32 Å². The van der Waals surface area contributed by atoms with Crippen LogP contribution >= 0.6 is 15.9 Å². The Morgan fingerprint density at radius 3 is 2.58 bits per heavy atom. The third kappa shape index (κ3) is 4.75. The molecule has 0 heterocycles. The van der Waals surface area contributed by atoms with E-state index >= 15 is 0 Å². The van der Waals surface area contributed by atoms with Crippen molar-refractivity contribution in [1.82, 2.24) is 0 Å². The molecule has 106 valence electrons. The van der Waals surface area contributed by atoms with Crippen LogP contribution in [0.3, 0.4) is 0 Å². The van der Waals surface area contributed by atoms with Gasteiger partial charge in [-0.1, -0.05) is 0 Å². The Labute approximate surface area is 118 Å². The Hall–Kier alpha value is -1.22. The van der Waals surface area contributed by atoms with Gasteiger partial charge in [-0.15, -0.1) is 0 Å². The van der Waals surface area contributed by atoms with Crippen molar-refractivity contribution >= 4 is 37.1 Å². The van der Waals surface area contributed by atoms with Crippen LogP contribution in [0.5, 0.6) is 0 Å². The van der Waals surface area contributed by atoms with Gasteiger partial charge in [0, 0.05) is 24.4 Å². The van der Waals surface area contributed by atoms with Gasteiger partial charge in [-0.25, -0.2) is 12.8 Å². The van der Waals surface area contributed by atoms with Crippen LogP contribution in [0.1, 0.15) is 6.92 Å². The molecule has 0 radical (unpaired) electrons. The SMILES string of the molecule is CC(CS(C)(=O)=O)Nc1cc(F)c(Br)cc1[N+](=O)[O-]. The van der Waals surface area contributed by atoms with E-state index in [1.54, 1.807) is 6.92 Å². The highest BCUT2D eigenvalue weighted by molar-refractivity contribution is 9.10. The van der Waals surface area contributed by atoms with Gasteiger partial charge in [0.05, 0.1) is 15.1 Å². The lowest BCUT2D eigenvalue weighted by atomic mass is 10.2. The van der Waals surface area contributed by atoms with Crippen LogP contribution in [0.15, 0.2) is 16.6 Å². The van der Waals surface area contributed by atoms with Crippen molar-refractivity contribution in [3.8, 4) is 0 Å². The molecule has 0 amide bonds. The van der Waals surface area contributed by atoms with E-state index in [4.69, 9.17) is 0 Å². The third-order valence-corrected chi connectivity index (χ3v) is 3.90. The number of halogens is 2. The molecule has 19 heavy (non-hydrogen) atoms. The Balaban J connectivity index is 3.06. The molecule has 0 saturated heterocycles. The van der Waals surface area contributed by atoms with E-state index in [0.29, 0.717) is 0 Å². The Bertz CT molecular complexity index is 606. The van der Waals surface area contributed by atoms with Crippen LogP contribution in [-0.2, 0) is 9.84 Å². The van der Waals surface area contributed by atoms with Gasteiger partial charge in [-0.2, -0.15) is 0 Å². The summed E-state index contributed by atoms with van der Waals surface area (Å²) >= 11 is 2.86. The molecule has 0 aliphatic heterocycles. The molecule has 0 bridgehead atoms. The predicted molar refractivity (Wildman–Crippen MR) is 73.5 cm³/mol. The highest BCUT2D eigenvalue weighted by atomic mass is 79.9. The monoisotopic (exact) mass is 354 g/mol. The van der Waals surface area contributed by atoms with E-state index in [9.17, 15) is 22.9 Å². The van der Waals surface area contributed by atoms with Crippen molar-refractivity contribution in [3.05, 3.63) is 32.5 Å². The van der Waals surface area contributed by atoms with Gasteiger partial charge in [-0.05, 0) is 22.9 Å². The molecule has 1 N–H and O–H groups in total. The average Bonchev–Trinajstić information content (AvgIpc) is 2.19. The summed E-state index contributed by atoms with van der Waals surface area (Å²) in [5.74, 6) is -0.873. The fourth-order valence-electron chi connectivity index (χ4n) is 1.56. The van der Waals surface area contributed by atoms with Gasteiger partial charge < -0.3 is 5.32 Å². The van der Waals surface area contributed by atoms with Gasteiger partial charge in [0.1, 0.15) is 21.3 Å². The molecule has 6 nitrogen and oxygen atoms in total. The molecule has 0 saturated carbocycles. The maximum atomic E-state index is 13.4. The molecule has 1 aromatic carbocycles. The third-order valence-electron chi connectivity index (χ3n) is 2.19. The minimum Gasteiger partial charge on any atom is -0.376 e. The highest BCUT2D eigenvalue weighted by Crippen LogP contribution is 2.31. The molecule has 1 rings (SSSR count). The van der Waals surface area contributed by atoms with Gasteiger partial charge in [0.15, 0.2) is 0 Å².